The second kappa shape index (κ2) is 11.5. The van der Waals surface area contributed by atoms with E-state index in [4.69, 9.17) is 16.2 Å². The van der Waals surface area contributed by atoms with Gasteiger partial charge in [-0.2, -0.15) is 0 Å². The summed E-state index contributed by atoms with van der Waals surface area (Å²) < 4.78 is 5.33. The van der Waals surface area contributed by atoms with Crippen molar-refractivity contribution in [3.63, 3.8) is 0 Å². The molecule has 0 aromatic heterocycles. The summed E-state index contributed by atoms with van der Waals surface area (Å²) in [7, 11) is 0. The third-order valence-corrected chi connectivity index (χ3v) is 4.89. The average Bonchev–Trinajstić information content (AvgIpc) is 2.69. The summed E-state index contributed by atoms with van der Waals surface area (Å²) in [6.45, 7) is 8.14. The van der Waals surface area contributed by atoms with Crippen molar-refractivity contribution in [2.24, 2.45) is 16.5 Å². The normalized spacial score (nSPS) is 17.9. The number of hydrogen-bond acceptors (Lipinski definition) is 6. The molecule has 1 heterocycles. The lowest BCUT2D eigenvalue weighted by molar-refractivity contribution is -0.138. The third-order valence-electron chi connectivity index (χ3n) is 4.07. The van der Waals surface area contributed by atoms with Gasteiger partial charge in [-0.3, -0.25) is 0 Å². The van der Waals surface area contributed by atoms with Gasteiger partial charge in [0.05, 0.1) is 17.9 Å². The summed E-state index contributed by atoms with van der Waals surface area (Å²) in [6, 6.07) is 7.95. The lowest BCUT2D eigenvalue weighted by Crippen LogP contribution is -2.30. The highest BCUT2D eigenvalue weighted by atomic mass is 32.2. The van der Waals surface area contributed by atoms with Crippen LogP contribution in [0.2, 0.25) is 0 Å². The van der Waals surface area contributed by atoms with Gasteiger partial charge >= 0.3 is 5.97 Å². The molecule has 1 aliphatic heterocycles. The largest absolute Gasteiger partial charge is 0.463 e. The maximum absolute atomic E-state index is 12.8. The molecular weight excluding hydrogens is 358 g/mol. The molecule has 0 saturated heterocycles. The Morgan fingerprint density at radius 3 is 2.52 bits per heavy atom. The molecule has 0 fully saturated rings. The van der Waals surface area contributed by atoms with Gasteiger partial charge < -0.3 is 16.2 Å². The number of rotatable bonds is 6. The Morgan fingerprint density at radius 2 is 1.96 bits per heavy atom. The molecule has 6 heteroatoms. The molecule has 27 heavy (non-hydrogen) atoms. The van der Waals surface area contributed by atoms with Gasteiger partial charge in [0, 0.05) is 22.6 Å². The number of aliphatic imine (C=N–C) groups is 1. The van der Waals surface area contributed by atoms with Gasteiger partial charge in [0.15, 0.2) is 0 Å². The first-order valence-corrected chi connectivity index (χ1v) is 10.6. The first-order valence-electron chi connectivity index (χ1n) is 9.38. The van der Waals surface area contributed by atoms with Crippen LogP contribution in [0.5, 0.6) is 0 Å². The van der Waals surface area contributed by atoms with Gasteiger partial charge in [-0.15, -0.1) is 11.8 Å². The predicted octanol–water partition coefficient (Wildman–Crippen LogP) is 4.35. The summed E-state index contributed by atoms with van der Waals surface area (Å²) in [5.74, 6) is -0.367. The van der Waals surface area contributed by atoms with E-state index < -0.39 is 0 Å². The van der Waals surface area contributed by atoms with Crippen molar-refractivity contribution < 1.29 is 9.53 Å². The lowest BCUT2D eigenvalue weighted by Gasteiger charge is -2.29. The van der Waals surface area contributed by atoms with Crippen LogP contribution in [0, 0.1) is 0 Å². The number of esters is 1. The first-order chi connectivity index (χ1) is 13.1. The summed E-state index contributed by atoms with van der Waals surface area (Å²) in [5, 5.41) is 0. The molecule has 2 rings (SSSR count). The van der Waals surface area contributed by atoms with Crippen LogP contribution in [0.25, 0.3) is 0 Å². The molecule has 0 radical (unpaired) electrons. The van der Waals surface area contributed by atoms with Crippen LogP contribution in [0.3, 0.4) is 0 Å². The van der Waals surface area contributed by atoms with Crippen LogP contribution in [0.1, 0.15) is 52.0 Å². The zero-order valence-corrected chi connectivity index (χ0v) is 17.7. The highest BCUT2D eigenvalue weighted by Crippen LogP contribution is 2.42. The maximum atomic E-state index is 12.8. The molecule has 148 valence electrons. The summed E-state index contributed by atoms with van der Waals surface area (Å²) in [6.07, 6.45) is 4.96. The van der Waals surface area contributed by atoms with Crippen molar-refractivity contribution in [3.05, 3.63) is 52.9 Å². The number of thioether (sulfide) groups is 1. The Morgan fingerprint density at radius 1 is 1.30 bits per heavy atom. The fraction of sp³-hybridized carbons (Fsp3) is 0.429. The van der Waals surface area contributed by atoms with E-state index in [1.807, 2.05) is 51.3 Å². The fourth-order valence-corrected chi connectivity index (χ4v) is 3.66. The maximum Gasteiger partial charge on any atom is 0.336 e. The molecule has 1 atom stereocenters. The number of hydrogen-bond donors (Lipinski definition) is 2. The van der Waals surface area contributed by atoms with Gasteiger partial charge in [-0.25, -0.2) is 9.79 Å². The fourth-order valence-electron chi connectivity index (χ4n) is 3.02. The molecule has 0 aliphatic carbocycles. The number of carbonyl (C=O) groups is 1. The monoisotopic (exact) mass is 389 g/mol. The van der Waals surface area contributed by atoms with Gasteiger partial charge in [0.25, 0.3) is 0 Å². The summed E-state index contributed by atoms with van der Waals surface area (Å²) in [5.41, 5.74) is 14.9. The smallest absolute Gasteiger partial charge is 0.336 e. The van der Waals surface area contributed by atoms with E-state index in [1.54, 1.807) is 18.7 Å². The van der Waals surface area contributed by atoms with Crippen molar-refractivity contribution in [2.75, 3.05) is 12.9 Å². The number of nitrogens with two attached hydrogens (primary N) is 2. The van der Waals surface area contributed by atoms with Crippen LogP contribution in [0.4, 0.5) is 0 Å². The van der Waals surface area contributed by atoms with E-state index in [1.165, 1.54) is 6.20 Å². The molecule has 0 amide bonds. The minimum absolute atomic E-state index is 0.305. The van der Waals surface area contributed by atoms with Gasteiger partial charge in [-0.1, -0.05) is 45.4 Å². The van der Waals surface area contributed by atoms with Crippen LogP contribution in [-0.2, 0) is 9.53 Å². The molecule has 1 aliphatic rings. The average molecular weight is 390 g/mol. The lowest BCUT2D eigenvalue weighted by atomic mass is 9.80. The Bertz CT molecular complexity index is 739. The molecular formula is C21H31N3O2S. The number of nitrogens with zero attached hydrogens (tertiary/aromatic N) is 1. The van der Waals surface area contributed by atoms with Crippen LogP contribution in [-0.4, -0.2) is 24.7 Å². The molecule has 4 N–H and O–H groups in total. The van der Waals surface area contributed by atoms with Crippen molar-refractivity contribution in [3.8, 4) is 0 Å². The number of allylic oxidation sites excluding steroid dienone is 1. The molecule has 5 nitrogen and oxygen atoms in total. The SMILES string of the molecule is CC.CCCC1=C(C(=O)OCC)C(c2ccccc2SC)/C(=C/N)C(N)=N1. The molecule has 0 spiro atoms. The predicted molar refractivity (Wildman–Crippen MR) is 115 cm³/mol. The molecule has 1 unspecified atom stereocenters. The van der Waals surface area contributed by atoms with Crippen molar-refractivity contribution in [2.45, 2.75) is 51.3 Å². The van der Waals surface area contributed by atoms with Crippen molar-refractivity contribution >= 4 is 23.6 Å². The van der Waals surface area contributed by atoms with Gasteiger partial charge in [0.1, 0.15) is 5.84 Å². The topological polar surface area (TPSA) is 90.7 Å². The highest BCUT2D eigenvalue weighted by Gasteiger charge is 2.36. The number of carbonyl (C=O) groups excluding carboxylic acids is 1. The highest BCUT2D eigenvalue weighted by molar-refractivity contribution is 7.98. The Hall–Kier alpha value is -2.21. The first kappa shape index (κ1) is 22.8. The number of amidine groups is 1. The summed E-state index contributed by atoms with van der Waals surface area (Å²) in [4.78, 5) is 18.3. The minimum Gasteiger partial charge on any atom is -0.463 e. The van der Waals surface area contributed by atoms with E-state index in [2.05, 4.69) is 4.99 Å². The minimum atomic E-state index is -0.369. The van der Waals surface area contributed by atoms with Gasteiger partial charge in [-0.05, 0) is 31.2 Å². The standard InChI is InChI=1S/C19H25N3O2S.C2H6/c1-4-8-14-17(19(23)24-5-2)16(13(11-20)18(21)22-14)12-9-6-7-10-15(12)25-3;1-2/h6-7,9-11,16H,4-5,8,20H2,1-3H3,(H2,21,22);1-2H3/b13-11-;. The van der Waals surface area contributed by atoms with E-state index >= 15 is 0 Å². The van der Waals surface area contributed by atoms with Crippen LogP contribution in [0.15, 0.2) is 57.2 Å². The molecule has 0 bridgehead atoms. The van der Waals surface area contributed by atoms with Crippen LogP contribution >= 0.6 is 11.8 Å². The third kappa shape index (κ3) is 5.16. The Labute approximate surface area is 166 Å². The number of benzene rings is 1. The zero-order chi connectivity index (χ0) is 20.4. The van der Waals surface area contributed by atoms with E-state index in [9.17, 15) is 4.79 Å². The quantitative estimate of drug-likeness (QED) is 0.557. The Balaban J connectivity index is 0.00000176. The number of ether oxygens (including phenoxy) is 1. The zero-order valence-electron chi connectivity index (χ0n) is 16.9. The second-order valence-electron chi connectivity index (χ2n) is 5.62. The second-order valence-corrected chi connectivity index (χ2v) is 6.47. The van der Waals surface area contributed by atoms with E-state index in [0.29, 0.717) is 35.7 Å². The van der Waals surface area contributed by atoms with Crippen molar-refractivity contribution in [1.29, 1.82) is 0 Å². The van der Waals surface area contributed by atoms with Crippen LogP contribution < -0.4 is 11.5 Å². The van der Waals surface area contributed by atoms with E-state index in [-0.39, 0.29) is 11.9 Å². The molecule has 1 aromatic carbocycles. The summed E-state index contributed by atoms with van der Waals surface area (Å²) >= 11 is 1.62. The molecule has 1 aromatic rings. The van der Waals surface area contributed by atoms with Gasteiger partial charge in [0.2, 0.25) is 0 Å². The van der Waals surface area contributed by atoms with E-state index in [0.717, 1.165) is 16.9 Å². The Kier molecular flexibility index (Phi) is 9.72. The van der Waals surface area contributed by atoms with Crippen molar-refractivity contribution in [1.82, 2.24) is 0 Å². The molecule has 0 saturated carbocycles.